The Kier molecular flexibility index (Phi) is 6.58. The summed E-state index contributed by atoms with van der Waals surface area (Å²) in [6.45, 7) is 11.2. The van der Waals surface area contributed by atoms with Crippen molar-refractivity contribution in [2.24, 2.45) is 17.3 Å². The minimum Gasteiger partial charge on any atom is -0.487 e. The first kappa shape index (κ1) is 25.7. The lowest BCUT2D eigenvalue weighted by molar-refractivity contribution is -0.196. The topological polar surface area (TPSA) is 101 Å². The largest absolute Gasteiger partial charge is 0.487 e. The smallest absolute Gasteiger partial charge is 0.312 e. The first-order valence-electron chi connectivity index (χ1n) is 12.6. The van der Waals surface area contributed by atoms with Crippen molar-refractivity contribution >= 4 is 17.9 Å². The van der Waals surface area contributed by atoms with Gasteiger partial charge in [-0.15, -0.1) is 0 Å². The molecule has 0 aromatic carbocycles. The minimum absolute atomic E-state index is 0.140. The second-order valence-electron chi connectivity index (χ2n) is 11.0. The van der Waals surface area contributed by atoms with Gasteiger partial charge in [0, 0.05) is 25.3 Å². The van der Waals surface area contributed by atoms with Crippen LogP contribution in [0.4, 0.5) is 0 Å². The molecule has 2 saturated heterocycles. The number of carbonyl (C=O) groups excluding carboxylic acids is 3. The Morgan fingerprint density at radius 2 is 1.89 bits per heavy atom. The predicted molar refractivity (Wildman–Crippen MR) is 126 cm³/mol. The molecule has 0 aromatic heterocycles. The van der Waals surface area contributed by atoms with Crippen molar-refractivity contribution in [1.82, 2.24) is 0 Å². The zero-order valence-electron chi connectivity index (χ0n) is 21.8. The SMILES string of the molecule is CCCC(=O)O[C@H]1CC[C@]2(C)C=CC([C@@H](C)C(=O)OC)=C(O2)[C@H]2[C@]3(C)O[C@@H]3C[C@H](OC(C)=O)[C@]12C. The summed E-state index contributed by atoms with van der Waals surface area (Å²) in [7, 11) is 1.37. The molecule has 4 rings (SSSR count). The molecule has 0 unspecified atom stereocenters. The minimum atomic E-state index is -0.834. The van der Waals surface area contributed by atoms with E-state index in [1.165, 1.54) is 14.0 Å². The van der Waals surface area contributed by atoms with Crippen LogP contribution >= 0.6 is 0 Å². The number of hydrogen-bond donors (Lipinski definition) is 0. The van der Waals surface area contributed by atoms with Crippen molar-refractivity contribution < 1.29 is 38.1 Å². The lowest BCUT2D eigenvalue weighted by Gasteiger charge is -2.54. The standard InChI is InChI=1S/C27H38O8/c1-8-9-21(29)33-18-11-13-25(4)12-10-17(15(2)24(30)31-7)22(35-25)23-26(18,5)19(32-16(3)28)14-20-27(23,6)34-20/h10,12,15,18-20,23H,8-9,11,13-14H2,1-7H3/t15-,18+,19+,20-,23-,25+,26+,27-/m1/s1. The van der Waals surface area contributed by atoms with Gasteiger partial charge in [-0.1, -0.05) is 19.9 Å². The van der Waals surface area contributed by atoms with E-state index in [2.05, 4.69) is 0 Å². The summed E-state index contributed by atoms with van der Waals surface area (Å²) in [5.74, 6) is -1.39. The number of hydrogen-bond acceptors (Lipinski definition) is 8. The van der Waals surface area contributed by atoms with Crippen molar-refractivity contribution in [2.45, 2.75) is 103 Å². The fourth-order valence-electron chi connectivity index (χ4n) is 6.42. The Bertz CT molecular complexity index is 968. The van der Waals surface area contributed by atoms with Crippen LogP contribution in [0.15, 0.2) is 23.5 Å². The van der Waals surface area contributed by atoms with E-state index in [0.717, 1.165) is 0 Å². The highest BCUT2D eigenvalue weighted by atomic mass is 16.6. The average Bonchev–Trinajstić information content (AvgIpc) is 3.44. The molecule has 8 nitrogen and oxygen atoms in total. The summed E-state index contributed by atoms with van der Waals surface area (Å²) < 4.78 is 30.1. The Labute approximate surface area is 207 Å². The highest BCUT2D eigenvalue weighted by Crippen LogP contribution is 2.65. The van der Waals surface area contributed by atoms with Crippen LogP contribution in [0.5, 0.6) is 0 Å². The summed E-state index contributed by atoms with van der Waals surface area (Å²) in [4.78, 5) is 37.6. The van der Waals surface area contributed by atoms with E-state index in [9.17, 15) is 14.4 Å². The Morgan fingerprint density at radius 1 is 1.17 bits per heavy atom. The first-order valence-corrected chi connectivity index (χ1v) is 12.6. The molecule has 1 saturated carbocycles. The van der Waals surface area contributed by atoms with Crippen molar-refractivity contribution in [3.05, 3.63) is 23.5 Å². The lowest BCUT2D eigenvalue weighted by Crippen LogP contribution is -2.61. The second-order valence-corrected chi connectivity index (χ2v) is 11.0. The monoisotopic (exact) mass is 490 g/mol. The zero-order chi connectivity index (χ0) is 25.8. The van der Waals surface area contributed by atoms with E-state index >= 15 is 0 Å². The van der Waals surface area contributed by atoms with E-state index in [1.807, 2.05) is 39.8 Å². The number of epoxide rings is 1. The van der Waals surface area contributed by atoms with E-state index in [-0.39, 0.29) is 18.0 Å². The van der Waals surface area contributed by atoms with Gasteiger partial charge < -0.3 is 23.7 Å². The van der Waals surface area contributed by atoms with Crippen LogP contribution < -0.4 is 0 Å². The maximum atomic E-state index is 12.8. The van der Waals surface area contributed by atoms with E-state index in [4.69, 9.17) is 23.7 Å². The zero-order valence-corrected chi connectivity index (χ0v) is 21.8. The van der Waals surface area contributed by atoms with Crippen LogP contribution in [0.1, 0.15) is 73.6 Å². The molecule has 3 heterocycles. The molecule has 0 radical (unpaired) electrons. The third-order valence-electron chi connectivity index (χ3n) is 8.45. The molecule has 0 N–H and O–H groups in total. The van der Waals surface area contributed by atoms with Crippen molar-refractivity contribution in [2.75, 3.05) is 7.11 Å². The fraction of sp³-hybridized carbons (Fsp3) is 0.741. The number of carbonyl (C=O) groups is 3. The molecular weight excluding hydrogens is 452 g/mol. The first-order chi connectivity index (χ1) is 16.4. The van der Waals surface area contributed by atoms with Crippen LogP contribution in [-0.2, 0) is 38.1 Å². The van der Waals surface area contributed by atoms with Gasteiger partial charge in [0.2, 0.25) is 0 Å². The molecule has 8 atom stereocenters. The third-order valence-corrected chi connectivity index (χ3v) is 8.45. The van der Waals surface area contributed by atoms with Crippen molar-refractivity contribution in [3.63, 3.8) is 0 Å². The van der Waals surface area contributed by atoms with Gasteiger partial charge in [-0.25, -0.2) is 0 Å². The molecule has 35 heavy (non-hydrogen) atoms. The van der Waals surface area contributed by atoms with E-state index in [0.29, 0.717) is 43.4 Å². The summed E-state index contributed by atoms with van der Waals surface area (Å²) in [5.41, 5.74) is -1.37. The molecule has 1 aliphatic carbocycles. The van der Waals surface area contributed by atoms with Crippen LogP contribution in [0.2, 0.25) is 0 Å². The quantitative estimate of drug-likeness (QED) is 0.313. The Balaban J connectivity index is 1.91. The Hall–Kier alpha value is -2.35. The van der Waals surface area contributed by atoms with Gasteiger partial charge in [-0.05, 0) is 46.1 Å². The van der Waals surface area contributed by atoms with Gasteiger partial charge in [-0.3, -0.25) is 14.4 Å². The number of allylic oxidation sites excluding steroid dienone is 1. The number of rotatable bonds is 6. The average molecular weight is 491 g/mol. The van der Waals surface area contributed by atoms with Gasteiger partial charge >= 0.3 is 17.9 Å². The van der Waals surface area contributed by atoms with Crippen LogP contribution in [0.25, 0.3) is 0 Å². The molecule has 194 valence electrons. The fourth-order valence-corrected chi connectivity index (χ4v) is 6.42. The highest BCUT2D eigenvalue weighted by molar-refractivity contribution is 5.76. The summed E-state index contributed by atoms with van der Waals surface area (Å²) in [6, 6.07) is 0. The number of methoxy groups -OCH3 is 1. The van der Waals surface area contributed by atoms with E-state index < -0.39 is 46.6 Å². The summed E-state index contributed by atoms with van der Waals surface area (Å²) in [6.07, 6.45) is 5.34. The van der Waals surface area contributed by atoms with Gasteiger partial charge in [0.15, 0.2) is 0 Å². The van der Waals surface area contributed by atoms with Crippen molar-refractivity contribution in [1.29, 1.82) is 0 Å². The predicted octanol–water partition coefficient (Wildman–Crippen LogP) is 4.02. The molecule has 2 bridgehead atoms. The maximum Gasteiger partial charge on any atom is 0.312 e. The summed E-state index contributed by atoms with van der Waals surface area (Å²) in [5, 5.41) is 0. The van der Waals surface area contributed by atoms with Crippen LogP contribution in [0, 0.1) is 17.3 Å². The molecule has 0 aromatic rings. The molecule has 3 fully saturated rings. The summed E-state index contributed by atoms with van der Waals surface area (Å²) >= 11 is 0. The van der Waals surface area contributed by atoms with Crippen molar-refractivity contribution in [3.8, 4) is 0 Å². The van der Waals surface area contributed by atoms with Gasteiger partial charge in [0.25, 0.3) is 0 Å². The lowest BCUT2D eigenvalue weighted by atomic mass is 9.55. The molecule has 4 aliphatic rings. The van der Waals surface area contributed by atoms with Crippen LogP contribution in [0.3, 0.4) is 0 Å². The Morgan fingerprint density at radius 3 is 2.51 bits per heavy atom. The van der Waals surface area contributed by atoms with E-state index in [1.54, 1.807) is 6.92 Å². The molecular formula is C27H38O8. The number of esters is 3. The molecule has 0 spiro atoms. The second kappa shape index (κ2) is 8.95. The van der Waals surface area contributed by atoms with Gasteiger partial charge in [0.1, 0.15) is 29.2 Å². The molecule has 8 heteroatoms. The molecule has 0 amide bonds. The number of ether oxygens (including phenoxy) is 5. The normalized spacial score (nSPS) is 40.2. The third kappa shape index (κ3) is 4.28. The van der Waals surface area contributed by atoms with Crippen LogP contribution in [-0.4, -0.2) is 54.5 Å². The maximum absolute atomic E-state index is 12.8. The number of fused-ring (bicyclic) bond motifs is 6. The molecule has 3 aliphatic heterocycles. The van der Waals surface area contributed by atoms with Gasteiger partial charge in [0.05, 0.1) is 30.5 Å². The highest BCUT2D eigenvalue weighted by Gasteiger charge is 2.74. The van der Waals surface area contributed by atoms with Gasteiger partial charge in [-0.2, -0.15) is 0 Å².